The Balaban J connectivity index is 2.70. The fourth-order valence-corrected chi connectivity index (χ4v) is 1.31. The average Bonchev–Trinajstić information content (AvgIpc) is 2.17. The lowest BCUT2D eigenvalue weighted by Gasteiger charge is -2.29. The summed E-state index contributed by atoms with van der Waals surface area (Å²) in [6.45, 7) is 11.6. The molecule has 1 aromatic rings. The van der Waals surface area contributed by atoms with Gasteiger partial charge in [0.15, 0.2) is 0 Å². The molecule has 2 heteroatoms. The van der Waals surface area contributed by atoms with Crippen LogP contribution in [0.1, 0.15) is 34.6 Å². The summed E-state index contributed by atoms with van der Waals surface area (Å²) in [6.07, 6.45) is 0. The van der Waals surface area contributed by atoms with Crippen LogP contribution in [0.25, 0.3) is 0 Å². The molecule has 0 aliphatic rings. The van der Waals surface area contributed by atoms with Crippen molar-refractivity contribution in [1.29, 1.82) is 0 Å². The molecule has 1 rings (SSSR count). The van der Waals surface area contributed by atoms with Crippen LogP contribution < -0.4 is 10.1 Å². The SMILES string of the molecule is CCOc1cccc(NC(C)C(C)(C)C)c1. The van der Waals surface area contributed by atoms with E-state index >= 15 is 0 Å². The molecule has 1 atom stereocenters. The van der Waals surface area contributed by atoms with E-state index in [1.807, 2.05) is 25.1 Å². The number of ether oxygens (including phenoxy) is 1. The number of rotatable bonds is 4. The van der Waals surface area contributed by atoms with Gasteiger partial charge in [-0.1, -0.05) is 26.8 Å². The molecule has 0 heterocycles. The van der Waals surface area contributed by atoms with Gasteiger partial charge in [-0.05, 0) is 31.4 Å². The molecular formula is C14H23NO. The Labute approximate surface area is 99.0 Å². The number of nitrogens with one attached hydrogen (secondary N) is 1. The Morgan fingerprint density at radius 2 is 2.00 bits per heavy atom. The molecule has 1 aromatic carbocycles. The molecule has 1 unspecified atom stereocenters. The molecule has 0 spiro atoms. The summed E-state index contributed by atoms with van der Waals surface area (Å²) in [4.78, 5) is 0. The third-order valence-corrected chi connectivity index (χ3v) is 2.83. The summed E-state index contributed by atoms with van der Waals surface area (Å²) < 4.78 is 5.47. The second-order valence-corrected chi connectivity index (χ2v) is 5.19. The minimum Gasteiger partial charge on any atom is -0.494 e. The van der Waals surface area contributed by atoms with E-state index in [-0.39, 0.29) is 5.41 Å². The van der Waals surface area contributed by atoms with Gasteiger partial charge in [-0.2, -0.15) is 0 Å². The molecule has 0 radical (unpaired) electrons. The first-order valence-electron chi connectivity index (χ1n) is 5.93. The highest BCUT2D eigenvalue weighted by atomic mass is 16.5. The fourth-order valence-electron chi connectivity index (χ4n) is 1.31. The van der Waals surface area contributed by atoms with Gasteiger partial charge in [-0.25, -0.2) is 0 Å². The number of hydrogen-bond acceptors (Lipinski definition) is 2. The first-order valence-corrected chi connectivity index (χ1v) is 5.93. The van der Waals surface area contributed by atoms with E-state index in [1.54, 1.807) is 0 Å². The van der Waals surface area contributed by atoms with E-state index < -0.39 is 0 Å². The topological polar surface area (TPSA) is 21.3 Å². The van der Waals surface area contributed by atoms with Gasteiger partial charge in [-0.15, -0.1) is 0 Å². The maximum atomic E-state index is 5.47. The summed E-state index contributed by atoms with van der Waals surface area (Å²) in [6, 6.07) is 8.54. The largest absolute Gasteiger partial charge is 0.494 e. The summed E-state index contributed by atoms with van der Waals surface area (Å²) in [5.41, 5.74) is 1.37. The van der Waals surface area contributed by atoms with Crippen molar-refractivity contribution in [3.63, 3.8) is 0 Å². The Bertz CT molecular complexity index is 328. The molecule has 16 heavy (non-hydrogen) atoms. The van der Waals surface area contributed by atoms with Crippen LogP contribution in [0, 0.1) is 5.41 Å². The molecule has 0 aliphatic heterocycles. The van der Waals surface area contributed by atoms with Crippen LogP contribution >= 0.6 is 0 Å². The van der Waals surface area contributed by atoms with Gasteiger partial charge >= 0.3 is 0 Å². The number of hydrogen-bond donors (Lipinski definition) is 1. The highest BCUT2D eigenvalue weighted by Crippen LogP contribution is 2.24. The number of anilines is 1. The second-order valence-electron chi connectivity index (χ2n) is 5.19. The molecule has 90 valence electrons. The molecule has 0 fully saturated rings. The van der Waals surface area contributed by atoms with Gasteiger partial charge in [0.05, 0.1) is 6.61 Å². The van der Waals surface area contributed by atoms with Gasteiger partial charge in [0.2, 0.25) is 0 Å². The maximum Gasteiger partial charge on any atom is 0.121 e. The molecule has 0 saturated carbocycles. The third-order valence-electron chi connectivity index (χ3n) is 2.83. The van der Waals surface area contributed by atoms with E-state index in [1.165, 1.54) is 0 Å². The number of benzene rings is 1. The van der Waals surface area contributed by atoms with Crippen molar-refractivity contribution in [3.8, 4) is 5.75 Å². The normalized spacial score (nSPS) is 13.3. The summed E-state index contributed by atoms with van der Waals surface area (Å²) in [5.74, 6) is 0.925. The predicted octanol–water partition coefficient (Wildman–Crippen LogP) is 3.93. The van der Waals surface area contributed by atoms with Crippen LogP contribution in [0.15, 0.2) is 24.3 Å². The molecule has 1 N–H and O–H groups in total. The molecular weight excluding hydrogens is 198 g/mol. The smallest absolute Gasteiger partial charge is 0.121 e. The monoisotopic (exact) mass is 221 g/mol. The van der Waals surface area contributed by atoms with Crippen LogP contribution in [0.5, 0.6) is 5.75 Å². The lowest BCUT2D eigenvalue weighted by Crippen LogP contribution is -2.30. The summed E-state index contributed by atoms with van der Waals surface area (Å²) in [7, 11) is 0. The van der Waals surface area contributed by atoms with E-state index in [0.29, 0.717) is 12.6 Å². The minimum absolute atomic E-state index is 0.252. The predicted molar refractivity (Wildman–Crippen MR) is 70.2 cm³/mol. The molecule has 0 aliphatic carbocycles. The van der Waals surface area contributed by atoms with Crippen LogP contribution in [-0.2, 0) is 0 Å². The summed E-state index contributed by atoms with van der Waals surface area (Å²) >= 11 is 0. The van der Waals surface area contributed by atoms with Crippen molar-refractivity contribution >= 4 is 5.69 Å². The van der Waals surface area contributed by atoms with Crippen molar-refractivity contribution in [2.75, 3.05) is 11.9 Å². The highest BCUT2D eigenvalue weighted by Gasteiger charge is 2.19. The first kappa shape index (κ1) is 12.9. The van der Waals surface area contributed by atoms with Crippen molar-refractivity contribution in [1.82, 2.24) is 0 Å². The zero-order chi connectivity index (χ0) is 12.2. The fraction of sp³-hybridized carbons (Fsp3) is 0.571. The van der Waals surface area contributed by atoms with Gasteiger partial charge in [0.1, 0.15) is 5.75 Å². The van der Waals surface area contributed by atoms with Crippen LogP contribution in [0.3, 0.4) is 0 Å². The molecule has 2 nitrogen and oxygen atoms in total. The highest BCUT2D eigenvalue weighted by molar-refractivity contribution is 5.49. The first-order chi connectivity index (χ1) is 7.43. The van der Waals surface area contributed by atoms with Crippen LogP contribution in [0.4, 0.5) is 5.69 Å². The van der Waals surface area contributed by atoms with Gasteiger partial charge in [0.25, 0.3) is 0 Å². The standard InChI is InChI=1S/C14H23NO/c1-6-16-13-9-7-8-12(10-13)15-11(2)14(3,4)5/h7-11,15H,6H2,1-5H3. The molecule has 0 amide bonds. The van der Waals surface area contributed by atoms with Gasteiger partial charge < -0.3 is 10.1 Å². The van der Waals surface area contributed by atoms with Crippen molar-refractivity contribution in [2.24, 2.45) is 5.41 Å². The van der Waals surface area contributed by atoms with Crippen molar-refractivity contribution < 1.29 is 4.74 Å². The minimum atomic E-state index is 0.252. The van der Waals surface area contributed by atoms with Crippen LogP contribution in [-0.4, -0.2) is 12.6 Å². The summed E-state index contributed by atoms with van der Waals surface area (Å²) in [5, 5.41) is 3.50. The van der Waals surface area contributed by atoms with Gasteiger partial charge in [-0.3, -0.25) is 0 Å². The van der Waals surface area contributed by atoms with E-state index in [9.17, 15) is 0 Å². The van der Waals surface area contributed by atoms with Gasteiger partial charge in [0, 0.05) is 17.8 Å². The Morgan fingerprint density at radius 1 is 1.31 bits per heavy atom. The Hall–Kier alpha value is -1.18. The Kier molecular flexibility index (Phi) is 4.22. The lowest BCUT2D eigenvalue weighted by molar-refractivity contribution is 0.339. The van der Waals surface area contributed by atoms with E-state index in [4.69, 9.17) is 4.74 Å². The van der Waals surface area contributed by atoms with Crippen molar-refractivity contribution in [3.05, 3.63) is 24.3 Å². The van der Waals surface area contributed by atoms with E-state index in [2.05, 4.69) is 39.1 Å². The molecule has 0 bridgehead atoms. The molecule has 0 aromatic heterocycles. The molecule has 0 saturated heterocycles. The zero-order valence-corrected chi connectivity index (χ0v) is 11.0. The second kappa shape index (κ2) is 5.24. The van der Waals surface area contributed by atoms with E-state index in [0.717, 1.165) is 11.4 Å². The quantitative estimate of drug-likeness (QED) is 0.831. The van der Waals surface area contributed by atoms with Crippen molar-refractivity contribution in [2.45, 2.75) is 40.7 Å². The Morgan fingerprint density at radius 3 is 2.56 bits per heavy atom. The van der Waals surface area contributed by atoms with Crippen LogP contribution in [0.2, 0.25) is 0 Å². The average molecular weight is 221 g/mol. The third kappa shape index (κ3) is 3.76. The zero-order valence-electron chi connectivity index (χ0n) is 11.0. The maximum absolute atomic E-state index is 5.47. The lowest BCUT2D eigenvalue weighted by atomic mass is 9.88.